The van der Waals surface area contributed by atoms with Crippen LogP contribution in [0, 0.1) is 11.3 Å². The first-order valence-electron chi connectivity index (χ1n) is 4.18. The third-order valence-corrected chi connectivity index (χ3v) is 2.75. The molecule has 0 aromatic heterocycles. The van der Waals surface area contributed by atoms with Crippen LogP contribution in [0.5, 0.6) is 0 Å². The SMILES string of the molecule is CC(C)(C)C1CC(F)(C(=O)O)C1. The second-order valence-electron chi connectivity index (χ2n) is 4.74. The normalized spacial score (nSPS) is 35.8. The summed E-state index contributed by atoms with van der Waals surface area (Å²) in [5.74, 6) is -1.10. The Balaban J connectivity index is 2.53. The van der Waals surface area contributed by atoms with Gasteiger partial charge in [0.05, 0.1) is 0 Å². The number of carbonyl (C=O) groups is 1. The molecule has 0 saturated heterocycles. The Hall–Kier alpha value is -0.600. The molecule has 0 atom stereocenters. The van der Waals surface area contributed by atoms with Crippen LogP contribution in [-0.4, -0.2) is 16.7 Å². The fourth-order valence-corrected chi connectivity index (χ4v) is 1.51. The number of carboxylic acid groups (broad SMARTS) is 1. The molecule has 0 heterocycles. The van der Waals surface area contributed by atoms with Gasteiger partial charge in [0.15, 0.2) is 0 Å². The molecule has 70 valence electrons. The minimum absolute atomic E-state index is 0.0328. The van der Waals surface area contributed by atoms with Crippen LogP contribution in [0.4, 0.5) is 4.39 Å². The van der Waals surface area contributed by atoms with Crippen LogP contribution in [0.25, 0.3) is 0 Å². The summed E-state index contributed by atoms with van der Waals surface area (Å²) in [6, 6.07) is 0. The van der Waals surface area contributed by atoms with Crippen molar-refractivity contribution >= 4 is 5.97 Å². The van der Waals surface area contributed by atoms with Crippen LogP contribution in [0.1, 0.15) is 33.6 Å². The van der Waals surface area contributed by atoms with Gasteiger partial charge in [-0.15, -0.1) is 0 Å². The standard InChI is InChI=1S/C9H15FO2/c1-8(2,3)6-4-9(10,5-6)7(11)12/h6H,4-5H2,1-3H3,(H,11,12). The quantitative estimate of drug-likeness (QED) is 0.661. The molecule has 1 saturated carbocycles. The van der Waals surface area contributed by atoms with E-state index in [2.05, 4.69) is 0 Å². The predicted octanol–water partition coefficient (Wildman–Crippen LogP) is 2.24. The Kier molecular flexibility index (Phi) is 1.93. The molecule has 2 nitrogen and oxygen atoms in total. The van der Waals surface area contributed by atoms with Crippen molar-refractivity contribution in [3.63, 3.8) is 0 Å². The summed E-state index contributed by atoms with van der Waals surface area (Å²) in [6.45, 7) is 6.04. The molecule has 1 aliphatic carbocycles. The van der Waals surface area contributed by atoms with E-state index in [9.17, 15) is 9.18 Å². The second kappa shape index (κ2) is 2.44. The summed E-state index contributed by atoms with van der Waals surface area (Å²) in [6.07, 6.45) is 0.345. The lowest BCUT2D eigenvalue weighted by Gasteiger charge is -2.45. The molecule has 1 rings (SSSR count). The van der Waals surface area contributed by atoms with Gasteiger partial charge in [-0.25, -0.2) is 9.18 Å². The number of hydrogen-bond donors (Lipinski definition) is 1. The van der Waals surface area contributed by atoms with Crippen LogP contribution in [0.15, 0.2) is 0 Å². The molecule has 0 amide bonds. The number of hydrogen-bond acceptors (Lipinski definition) is 1. The van der Waals surface area contributed by atoms with E-state index in [0.717, 1.165) is 0 Å². The Bertz CT molecular complexity index is 199. The summed E-state index contributed by atoms with van der Waals surface area (Å²) in [5.41, 5.74) is -1.90. The van der Waals surface area contributed by atoms with Gasteiger partial charge in [0.1, 0.15) is 0 Å². The zero-order chi connectivity index (χ0) is 9.57. The molecule has 0 aliphatic heterocycles. The highest BCUT2D eigenvalue weighted by molar-refractivity contribution is 5.78. The topological polar surface area (TPSA) is 37.3 Å². The number of carboxylic acids is 1. The first-order chi connectivity index (χ1) is 5.26. The van der Waals surface area contributed by atoms with Gasteiger partial charge >= 0.3 is 5.97 Å². The molecule has 0 spiro atoms. The highest BCUT2D eigenvalue weighted by Gasteiger charge is 2.54. The van der Waals surface area contributed by atoms with Crippen molar-refractivity contribution in [2.24, 2.45) is 11.3 Å². The Morgan fingerprint density at radius 3 is 2.17 bits per heavy atom. The van der Waals surface area contributed by atoms with Gasteiger partial charge in [0, 0.05) is 0 Å². The summed E-state index contributed by atoms with van der Waals surface area (Å²) in [4.78, 5) is 10.4. The smallest absolute Gasteiger partial charge is 0.341 e. The molecule has 3 heteroatoms. The number of alkyl halides is 1. The van der Waals surface area contributed by atoms with Gasteiger partial charge in [-0.05, 0) is 24.2 Å². The first-order valence-corrected chi connectivity index (χ1v) is 4.18. The number of rotatable bonds is 1. The van der Waals surface area contributed by atoms with Crippen molar-refractivity contribution in [1.82, 2.24) is 0 Å². The molecule has 1 N–H and O–H groups in total. The molecular formula is C9H15FO2. The van der Waals surface area contributed by atoms with Gasteiger partial charge in [0.2, 0.25) is 5.67 Å². The van der Waals surface area contributed by atoms with Crippen molar-refractivity contribution in [2.75, 3.05) is 0 Å². The van der Waals surface area contributed by atoms with Crippen molar-refractivity contribution in [3.05, 3.63) is 0 Å². The second-order valence-corrected chi connectivity index (χ2v) is 4.74. The Labute approximate surface area is 71.8 Å². The molecule has 0 unspecified atom stereocenters. The maximum absolute atomic E-state index is 13.2. The van der Waals surface area contributed by atoms with Crippen LogP contribution in [-0.2, 0) is 4.79 Å². The van der Waals surface area contributed by atoms with Crippen LogP contribution < -0.4 is 0 Å². The van der Waals surface area contributed by atoms with E-state index in [-0.39, 0.29) is 24.2 Å². The predicted molar refractivity (Wildman–Crippen MR) is 43.7 cm³/mol. The van der Waals surface area contributed by atoms with Gasteiger partial charge in [-0.3, -0.25) is 0 Å². The van der Waals surface area contributed by atoms with E-state index >= 15 is 0 Å². The molecule has 0 aromatic carbocycles. The Morgan fingerprint density at radius 2 is 1.92 bits per heavy atom. The van der Waals surface area contributed by atoms with Crippen molar-refractivity contribution in [2.45, 2.75) is 39.3 Å². The molecule has 12 heavy (non-hydrogen) atoms. The monoisotopic (exact) mass is 174 g/mol. The highest BCUT2D eigenvalue weighted by atomic mass is 19.1. The van der Waals surface area contributed by atoms with Crippen LogP contribution in [0.3, 0.4) is 0 Å². The summed E-state index contributed by atoms with van der Waals surface area (Å²) >= 11 is 0. The van der Waals surface area contributed by atoms with E-state index in [4.69, 9.17) is 5.11 Å². The fourth-order valence-electron chi connectivity index (χ4n) is 1.51. The molecule has 1 fully saturated rings. The lowest BCUT2D eigenvalue weighted by molar-refractivity contribution is -0.165. The third-order valence-electron chi connectivity index (χ3n) is 2.75. The highest BCUT2D eigenvalue weighted by Crippen LogP contribution is 2.49. The first kappa shape index (κ1) is 9.49. The third kappa shape index (κ3) is 1.45. The zero-order valence-electron chi connectivity index (χ0n) is 7.72. The van der Waals surface area contributed by atoms with Crippen molar-refractivity contribution in [1.29, 1.82) is 0 Å². The van der Waals surface area contributed by atoms with Gasteiger partial charge in [-0.2, -0.15) is 0 Å². The molecule has 1 aliphatic rings. The van der Waals surface area contributed by atoms with Crippen LogP contribution >= 0.6 is 0 Å². The molecule has 0 aromatic rings. The largest absolute Gasteiger partial charge is 0.479 e. The average Bonchev–Trinajstić information content (AvgIpc) is 1.77. The molecule has 0 radical (unpaired) electrons. The summed E-state index contributed by atoms with van der Waals surface area (Å²) in [5, 5.41) is 8.50. The lowest BCUT2D eigenvalue weighted by atomic mass is 9.61. The molecular weight excluding hydrogens is 159 g/mol. The minimum Gasteiger partial charge on any atom is -0.479 e. The van der Waals surface area contributed by atoms with E-state index in [1.807, 2.05) is 20.8 Å². The Morgan fingerprint density at radius 1 is 1.50 bits per heavy atom. The molecule has 0 bridgehead atoms. The van der Waals surface area contributed by atoms with E-state index < -0.39 is 11.6 Å². The van der Waals surface area contributed by atoms with E-state index in [0.29, 0.717) is 0 Å². The van der Waals surface area contributed by atoms with E-state index in [1.165, 1.54) is 0 Å². The summed E-state index contributed by atoms with van der Waals surface area (Å²) < 4.78 is 13.2. The minimum atomic E-state index is -1.93. The van der Waals surface area contributed by atoms with Gasteiger partial charge < -0.3 is 5.11 Å². The van der Waals surface area contributed by atoms with E-state index in [1.54, 1.807) is 0 Å². The van der Waals surface area contributed by atoms with Crippen LogP contribution in [0.2, 0.25) is 0 Å². The van der Waals surface area contributed by atoms with Crippen molar-refractivity contribution in [3.8, 4) is 0 Å². The zero-order valence-corrected chi connectivity index (χ0v) is 7.72. The van der Waals surface area contributed by atoms with Gasteiger partial charge in [-0.1, -0.05) is 20.8 Å². The average molecular weight is 174 g/mol. The van der Waals surface area contributed by atoms with Crippen molar-refractivity contribution < 1.29 is 14.3 Å². The lowest BCUT2D eigenvalue weighted by Crippen LogP contribution is -2.50. The maximum atomic E-state index is 13.2. The number of halogens is 1. The summed E-state index contributed by atoms with van der Waals surface area (Å²) in [7, 11) is 0. The number of aliphatic carboxylic acids is 1. The van der Waals surface area contributed by atoms with Gasteiger partial charge in [0.25, 0.3) is 0 Å². The maximum Gasteiger partial charge on any atom is 0.341 e. The fraction of sp³-hybridized carbons (Fsp3) is 0.889.